The monoisotopic (exact) mass is 876 g/mol. The summed E-state index contributed by atoms with van der Waals surface area (Å²) < 4.78 is 15.7. The highest BCUT2D eigenvalue weighted by Gasteiger charge is 2.28. The molecular weight excluding hydrogens is 821 g/mol. The third kappa shape index (κ3) is 9.58. The van der Waals surface area contributed by atoms with Crippen molar-refractivity contribution in [3.8, 4) is 44.8 Å². The molecule has 8 aromatic rings. The van der Waals surface area contributed by atoms with E-state index in [1.165, 1.54) is 6.42 Å². The molecule has 8 heterocycles. The molecule has 16 heteroatoms. The number of carbonyl (C=O) groups is 1. The van der Waals surface area contributed by atoms with Crippen molar-refractivity contribution >= 4 is 39.8 Å². The number of aryl methyl sites for hydroxylation is 4. The summed E-state index contributed by atoms with van der Waals surface area (Å²) in [5, 5.41) is 20.5. The quantitative estimate of drug-likeness (QED) is 0.0967. The molecule has 0 spiro atoms. The third-order valence-corrected chi connectivity index (χ3v) is 12.0. The number of hydrogen-bond acceptors (Lipinski definition) is 13. The number of H-pyrrole nitrogens is 2. The van der Waals surface area contributed by atoms with Crippen LogP contribution in [0, 0.1) is 27.7 Å². The van der Waals surface area contributed by atoms with Gasteiger partial charge >= 0.3 is 6.09 Å². The van der Waals surface area contributed by atoms with E-state index in [2.05, 4.69) is 89.5 Å². The van der Waals surface area contributed by atoms with Crippen LogP contribution in [0.3, 0.4) is 0 Å². The van der Waals surface area contributed by atoms with E-state index in [1.807, 2.05) is 66.3 Å². The molecule has 1 amide bonds. The van der Waals surface area contributed by atoms with Gasteiger partial charge in [0, 0.05) is 101 Å². The van der Waals surface area contributed by atoms with Crippen molar-refractivity contribution in [1.29, 1.82) is 0 Å². The summed E-state index contributed by atoms with van der Waals surface area (Å²) in [6.45, 7) is 16.9. The largest absolute Gasteiger partial charge is 0.444 e. The van der Waals surface area contributed by atoms with Crippen LogP contribution in [0.2, 0.25) is 0 Å². The number of carbonyl (C=O) groups excluding carboxylic acids is 1. The molecule has 2 saturated heterocycles. The third-order valence-electron chi connectivity index (χ3n) is 12.0. The maximum Gasteiger partial charge on any atom is 0.410 e. The number of nitrogens with one attached hydrogen (secondary N) is 5. The zero-order valence-corrected chi connectivity index (χ0v) is 38.0. The lowest BCUT2D eigenvalue weighted by Crippen LogP contribution is -2.47. The molecule has 2 aliphatic heterocycles. The molecule has 2 aliphatic rings. The Balaban J connectivity index is 0.000000168. The number of aromatic amines is 2. The number of likely N-dealkylation sites (tertiary alicyclic amines) is 1. The minimum absolute atomic E-state index is 0.0548. The molecule has 2 fully saturated rings. The summed E-state index contributed by atoms with van der Waals surface area (Å²) in [5.74, 6) is 1.24. The van der Waals surface area contributed by atoms with Gasteiger partial charge in [-0.15, -0.1) is 0 Å². The summed E-state index contributed by atoms with van der Waals surface area (Å²) in [7, 11) is 0. The highest BCUT2D eigenvalue weighted by Crippen LogP contribution is 2.35. The van der Waals surface area contributed by atoms with Crippen LogP contribution in [-0.4, -0.2) is 95.1 Å². The Kier molecular flexibility index (Phi) is 12.1. The summed E-state index contributed by atoms with van der Waals surface area (Å²) in [4.78, 5) is 39.8. The van der Waals surface area contributed by atoms with Crippen LogP contribution in [0.4, 0.5) is 16.7 Å². The first-order chi connectivity index (χ1) is 31.4. The minimum atomic E-state index is -0.513. The number of rotatable bonds is 8. The van der Waals surface area contributed by atoms with Crippen molar-refractivity contribution in [2.45, 2.75) is 91.8 Å². The summed E-state index contributed by atoms with van der Waals surface area (Å²) in [5.41, 5.74) is 13.4. The van der Waals surface area contributed by atoms with Gasteiger partial charge in [0.2, 0.25) is 11.9 Å². The van der Waals surface area contributed by atoms with Crippen LogP contribution < -0.4 is 16.0 Å². The Morgan fingerprint density at radius 2 is 1.28 bits per heavy atom. The van der Waals surface area contributed by atoms with E-state index in [-0.39, 0.29) is 12.1 Å². The summed E-state index contributed by atoms with van der Waals surface area (Å²) in [6, 6.07) is 13.0. The highest BCUT2D eigenvalue weighted by atomic mass is 16.6. The standard InChI is InChI=1S/C27H32N6O3.C22H24N6O/c1-16-12-29-25(30-19-7-6-10-33(14-19)26(34)36-27(3,4)5)31-24(16)21-13-28-23-11-18(8-9-20(21)23)22-15-35-32-17(22)2;1-13-9-25-22(26-16-4-3-7-23-10-16)27-21(13)18-11-24-20-8-15(5-6-17(18)20)19-12-29-28-14(19)2/h8-9,11-13,15,19,28H,6-7,10,14H2,1-5H3,(H,29,30,31);5-6,8-9,11-12,16,23-24H,3-4,7,10H2,1-2H3,(H,25,26,27)/t19-;16-/m00/s1. The zero-order valence-electron chi connectivity index (χ0n) is 38.0. The molecule has 0 bridgehead atoms. The Bertz CT molecular complexity index is 2950. The maximum atomic E-state index is 12.5. The molecule has 6 aromatic heterocycles. The first-order valence-corrected chi connectivity index (χ1v) is 22.3. The smallest absolute Gasteiger partial charge is 0.410 e. The number of ether oxygens (including phenoxy) is 1. The van der Waals surface area contributed by atoms with Gasteiger partial charge in [-0.1, -0.05) is 34.6 Å². The Hall–Kier alpha value is -7.07. The van der Waals surface area contributed by atoms with Crippen LogP contribution in [-0.2, 0) is 4.74 Å². The maximum absolute atomic E-state index is 12.5. The van der Waals surface area contributed by atoms with Crippen LogP contribution in [0.1, 0.15) is 69.0 Å². The van der Waals surface area contributed by atoms with Crippen LogP contribution >= 0.6 is 0 Å². The number of nitrogens with zero attached hydrogens (tertiary/aromatic N) is 7. The second kappa shape index (κ2) is 18.2. The highest BCUT2D eigenvalue weighted by molar-refractivity contribution is 5.98. The van der Waals surface area contributed by atoms with Crippen LogP contribution in [0.5, 0.6) is 0 Å². The van der Waals surface area contributed by atoms with E-state index < -0.39 is 5.60 Å². The second-order valence-electron chi connectivity index (χ2n) is 18.1. The van der Waals surface area contributed by atoms with Crippen LogP contribution in [0.15, 0.2) is 82.8 Å². The number of amides is 1. The minimum Gasteiger partial charge on any atom is -0.444 e. The van der Waals surface area contributed by atoms with Crippen molar-refractivity contribution in [3.63, 3.8) is 0 Å². The molecule has 0 unspecified atom stereocenters. The fourth-order valence-electron chi connectivity index (χ4n) is 8.61. The van der Waals surface area contributed by atoms with Crippen molar-refractivity contribution in [3.05, 3.63) is 96.2 Å². The predicted octanol–water partition coefficient (Wildman–Crippen LogP) is 9.77. The van der Waals surface area contributed by atoms with Gasteiger partial charge in [-0.3, -0.25) is 0 Å². The van der Waals surface area contributed by atoms with E-state index in [0.717, 1.165) is 121 Å². The van der Waals surface area contributed by atoms with Crippen molar-refractivity contribution < 1.29 is 18.6 Å². The molecule has 0 aliphatic carbocycles. The van der Waals surface area contributed by atoms with Gasteiger partial charge in [0.15, 0.2) is 0 Å². The zero-order chi connectivity index (χ0) is 45.2. The molecular formula is C49H56N12O4. The van der Waals surface area contributed by atoms with E-state index in [4.69, 9.17) is 23.8 Å². The van der Waals surface area contributed by atoms with Crippen molar-refractivity contribution in [2.75, 3.05) is 36.8 Å². The molecule has 0 radical (unpaired) electrons. The van der Waals surface area contributed by atoms with Gasteiger partial charge < -0.3 is 44.6 Å². The summed E-state index contributed by atoms with van der Waals surface area (Å²) in [6.07, 6.45) is 15.0. The van der Waals surface area contributed by atoms with Gasteiger partial charge in [0.25, 0.3) is 0 Å². The SMILES string of the molecule is Cc1cnc(N[C@H]2CCCN(C(=O)OC(C)(C)C)C2)nc1-c1c[nH]c2cc(-c3conc3C)ccc12.Cc1cnc(N[C@H]2CCCNC2)nc1-c1c[nH]c2cc(-c3conc3C)ccc12. The number of benzene rings is 2. The number of hydrogen-bond donors (Lipinski definition) is 5. The van der Waals surface area contributed by atoms with Gasteiger partial charge in [0.1, 0.15) is 18.1 Å². The van der Waals surface area contributed by atoms with E-state index in [1.54, 1.807) is 17.4 Å². The van der Waals surface area contributed by atoms with Gasteiger partial charge in [-0.2, -0.15) is 0 Å². The summed E-state index contributed by atoms with van der Waals surface area (Å²) >= 11 is 0. The average molecular weight is 877 g/mol. The molecule has 0 saturated carbocycles. The van der Waals surface area contributed by atoms with Crippen molar-refractivity contribution in [2.24, 2.45) is 0 Å². The molecule has 16 nitrogen and oxygen atoms in total. The number of fused-ring (bicyclic) bond motifs is 2. The predicted molar refractivity (Wildman–Crippen MR) is 253 cm³/mol. The Morgan fingerprint density at radius 3 is 1.77 bits per heavy atom. The molecule has 65 heavy (non-hydrogen) atoms. The lowest BCUT2D eigenvalue weighted by molar-refractivity contribution is 0.0206. The van der Waals surface area contributed by atoms with E-state index >= 15 is 0 Å². The lowest BCUT2D eigenvalue weighted by atomic mass is 10.0. The fourth-order valence-corrected chi connectivity index (χ4v) is 8.61. The lowest BCUT2D eigenvalue weighted by Gasteiger charge is -2.34. The molecule has 5 N–H and O–H groups in total. The molecule has 2 aromatic carbocycles. The van der Waals surface area contributed by atoms with Gasteiger partial charge in [-0.05, 0) is 115 Å². The Labute approximate surface area is 377 Å². The van der Waals surface area contributed by atoms with Gasteiger partial charge in [-0.25, -0.2) is 24.7 Å². The van der Waals surface area contributed by atoms with E-state index in [9.17, 15) is 4.79 Å². The number of piperidine rings is 2. The Morgan fingerprint density at radius 1 is 0.738 bits per heavy atom. The molecule has 2 atom stereocenters. The van der Waals surface area contributed by atoms with Crippen molar-refractivity contribution in [1.82, 2.24) is 50.4 Å². The normalized spacial score (nSPS) is 16.6. The second-order valence-corrected chi connectivity index (χ2v) is 18.1. The first kappa shape index (κ1) is 43.2. The number of aromatic nitrogens is 8. The van der Waals surface area contributed by atoms with Crippen LogP contribution in [0.25, 0.3) is 66.6 Å². The first-order valence-electron chi connectivity index (χ1n) is 22.3. The van der Waals surface area contributed by atoms with E-state index in [0.29, 0.717) is 31.0 Å². The molecule has 336 valence electrons. The fraction of sp³-hybridized carbons (Fsp3) is 0.367. The molecule has 10 rings (SSSR count). The number of anilines is 2. The topological polar surface area (TPSA) is 201 Å². The average Bonchev–Trinajstić information content (AvgIpc) is 4.12. The van der Waals surface area contributed by atoms with Gasteiger partial charge in [0.05, 0.1) is 22.8 Å².